The molecule has 0 bridgehead atoms. The smallest absolute Gasteiger partial charge is 0.120 e. The van der Waals surface area contributed by atoms with Gasteiger partial charge >= 0.3 is 0 Å². The van der Waals surface area contributed by atoms with Crippen LogP contribution in [0.4, 0.5) is 0 Å². The minimum absolute atomic E-state index is 0.358. The van der Waals surface area contributed by atoms with Crippen LogP contribution in [0.2, 0.25) is 0 Å². The first-order chi connectivity index (χ1) is 23.4. The molecule has 8 N–H and O–H groups in total. The Kier molecular flexibility index (Phi) is 41.4. The normalized spacial score (nSPS) is 8.58. The van der Waals surface area contributed by atoms with Crippen LogP contribution in [0.25, 0.3) is 0 Å². The number of benzene rings is 4. The molecular formula is C40H68N4O4. The van der Waals surface area contributed by atoms with Crippen molar-refractivity contribution in [2.24, 2.45) is 0 Å². The zero-order valence-electron chi connectivity index (χ0n) is 31.9. The highest BCUT2D eigenvalue weighted by atomic mass is 16.3. The van der Waals surface area contributed by atoms with Crippen LogP contribution in [0.3, 0.4) is 0 Å². The molecule has 8 nitrogen and oxygen atoms in total. The molecule has 0 spiro atoms. The van der Waals surface area contributed by atoms with E-state index < -0.39 is 0 Å². The Morgan fingerprint density at radius 3 is 0.583 bits per heavy atom. The highest BCUT2D eigenvalue weighted by molar-refractivity contribution is 5.33. The van der Waals surface area contributed by atoms with Gasteiger partial charge in [0.05, 0.1) is 0 Å². The van der Waals surface area contributed by atoms with E-state index in [1.165, 1.54) is 0 Å². The van der Waals surface area contributed by atoms with Gasteiger partial charge in [0.2, 0.25) is 0 Å². The van der Waals surface area contributed by atoms with Gasteiger partial charge in [0, 0.05) is 48.4 Å². The quantitative estimate of drug-likeness (QED) is 0.0938. The van der Waals surface area contributed by atoms with Crippen LogP contribution < -0.4 is 21.3 Å². The van der Waals surface area contributed by atoms with Crippen molar-refractivity contribution in [1.82, 2.24) is 21.3 Å². The maximum absolute atomic E-state index is 9.20. The maximum atomic E-state index is 9.20. The van der Waals surface area contributed by atoms with Crippen molar-refractivity contribution in [3.8, 4) is 23.0 Å². The van der Waals surface area contributed by atoms with E-state index in [1.807, 2.05) is 156 Å². The summed E-state index contributed by atoms with van der Waals surface area (Å²) in [6.07, 6.45) is 0. The largest absolute Gasteiger partial charge is 0.508 e. The fraction of sp³-hybridized carbons (Fsp3) is 0.400. The summed E-state index contributed by atoms with van der Waals surface area (Å²) in [6.45, 7) is 18.9. The minimum Gasteiger partial charge on any atom is -0.508 e. The van der Waals surface area contributed by atoms with E-state index in [-0.39, 0.29) is 0 Å². The summed E-state index contributed by atoms with van der Waals surface area (Å²) < 4.78 is 0. The standard InChI is InChI=1S/4C8H11NO.4C2H6/c4*1-9-6-7-4-2-3-5-8(7)10;4*1-2/h4*2-5,9-10H,6H2,1H3;4*1-2H3. The molecule has 0 aliphatic rings. The zero-order valence-corrected chi connectivity index (χ0v) is 31.9. The lowest BCUT2D eigenvalue weighted by Crippen LogP contribution is -2.04. The van der Waals surface area contributed by atoms with Crippen LogP contribution in [-0.2, 0) is 26.2 Å². The lowest BCUT2D eigenvalue weighted by atomic mass is 10.2. The number of para-hydroxylation sites is 4. The number of aromatic hydroxyl groups is 4. The molecule has 4 rings (SSSR count). The molecule has 48 heavy (non-hydrogen) atoms. The molecule has 0 amide bonds. The van der Waals surface area contributed by atoms with Gasteiger partial charge in [0.1, 0.15) is 23.0 Å². The Bertz CT molecular complexity index is 1030. The van der Waals surface area contributed by atoms with Gasteiger partial charge in [-0.3, -0.25) is 0 Å². The molecule has 4 aromatic rings. The molecule has 0 heterocycles. The second-order valence-electron chi connectivity index (χ2n) is 8.64. The van der Waals surface area contributed by atoms with E-state index in [0.717, 1.165) is 22.3 Å². The molecule has 0 unspecified atom stereocenters. The van der Waals surface area contributed by atoms with Crippen molar-refractivity contribution in [3.63, 3.8) is 0 Å². The maximum Gasteiger partial charge on any atom is 0.120 e. The van der Waals surface area contributed by atoms with Crippen molar-refractivity contribution in [2.45, 2.75) is 81.6 Å². The van der Waals surface area contributed by atoms with Crippen molar-refractivity contribution in [1.29, 1.82) is 0 Å². The predicted octanol–water partition coefficient (Wildman–Crippen LogP) is 8.55. The van der Waals surface area contributed by atoms with E-state index in [1.54, 1.807) is 24.3 Å². The van der Waals surface area contributed by atoms with Crippen LogP contribution in [0.5, 0.6) is 23.0 Å². The van der Waals surface area contributed by atoms with Crippen molar-refractivity contribution in [2.75, 3.05) is 28.2 Å². The molecule has 0 atom stereocenters. The lowest BCUT2D eigenvalue weighted by Gasteiger charge is -2.00. The molecule has 272 valence electrons. The molecule has 0 aliphatic carbocycles. The van der Waals surface area contributed by atoms with Gasteiger partial charge in [-0.15, -0.1) is 0 Å². The number of hydrogen-bond donors (Lipinski definition) is 8. The molecule has 0 aromatic heterocycles. The summed E-state index contributed by atoms with van der Waals surface area (Å²) in [5.41, 5.74) is 3.74. The van der Waals surface area contributed by atoms with Gasteiger partial charge in [0.15, 0.2) is 0 Å². The Morgan fingerprint density at radius 2 is 0.458 bits per heavy atom. The topological polar surface area (TPSA) is 129 Å². The van der Waals surface area contributed by atoms with E-state index in [0.29, 0.717) is 49.2 Å². The number of hydrogen-bond acceptors (Lipinski definition) is 8. The van der Waals surface area contributed by atoms with Crippen LogP contribution in [0.1, 0.15) is 77.6 Å². The first-order valence-corrected chi connectivity index (χ1v) is 17.0. The van der Waals surface area contributed by atoms with Crippen molar-refractivity contribution < 1.29 is 20.4 Å². The van der Waals surface area contributed by atoms with E-state index in [9.17, 15) is 20.4 Å². The highest BCUT2D eigenvalue weighted by Gasteiger charge is 1.97. The summed E-state index contributed by atoms with van der Waals surface area (Å²) in [7, 11) is 7.41. The van der Waals surface area contributed by atoms with Gasteiger partial charge in [-0.05, 0) is 52.5 Å². The third-order valence-electron chi connectivity index (χ3n) is 5.44. The Morgan fingerprint density at radius 1 is 0.312 bits per heavy atom. The molecule has 0 fully saturated rings. The summed E-state index contributed by atoms with van der Waals surface area (Å²) in [5, 5.41) is 48.7. The number of phenols is 4. The predicted molar refractivity (Wildman–Crippen MR) is 209 cm³/mol. The second kappa shape index (κ2) is 39.1. The fourth-order valence-corrected chi connectivity index (χ4v) is 3.40. The average Bonchev–Trinajstić information content (AvgIpc) is 3.14. The van der Waals surface area contributed by atoms with E-state index in [4.69, 9.17) is 0 Å². The third kappa shape index (κ3) is 26.0. The Hall–Kier alpha value is -4.08. The minimum atomic E-state index is 0.358. The van der Waals surface area contributed by atoms with Gasteiger partial charge in [-0.25, -0.2) is 0 Å². The van der Waals surface area contributed by atoms with Crippen LogP contribution in [0.15, 0.2) is 97.1 Å². The van der Waals surface area contributed by atoms with Crippen LogP contribution in [-0.4, -0.2) is 48.6 Å². The van der Waals surface area contributed by atoms with Crippen molar-refractivity contribution in [3.05, 3.63) is 119 Å². The number of rotatable bonds is 8. The third-order valence-corrected chi connectivity index (χ3v) is 5.44. The fourth-order valence-electron chi connectivity index (χ4n) is 3.40. The number of nitrogens with one attached hydrogen (secondary N) is 4. The SMILES string of the molecule is CC.CC.CC.CC.CNCc1ccccc1O.CNCc1ccccc1O.CNCc1ccccc1O.CNCc1ccccc1O. The van der Waals surface area contributed by atoms with Gasteiger partial charge in [-0.1, -0.05) is 128 Å². The molecule has 0 radical (unpaired) electrons. The first kappa shape index (κ1) is 50.8. The Labute approximate surface area is 293 Å². The second-order valence-corrected chi connectivity index (χ2v) is 8.64. The van der Waals surface area contributed by atoms with Crippen molar-refractivity contribution >= 4 is 0 Å². The lowest BCUT2D eigenvalue weighted by molar-refractivity contribution is 0.465. The molecule has 8 heteroatoms. The summed E-state index contributed by atoms with van der Waals surface area (Å²) in [5.74, 6) is 1.43. The molecule has 0 aliphatic heterocycles. The van der Waals surface area contributed by atoms with Gasteiger partial charge in [-0.2, -0.15) is 0 Å². The summed E-state index contributed by atoms with van der Waals surface area (Å²) >= 11 is 0. The molecule has 0 saturated carbocycles. The molecule has 4 aromatic carbocycles. The molecular weight excluding hydrogens is 600 g/mol. The zero-order chi connectivity index (χ0) is 37.6. The van der Waals surface area contributed by atoms with Crippen LogP contribution in [0, 0.1) is 0 Å². The van der Waals surface area contributed by atoms with Gasteiger partial charge < -0.3 is 41.7 Å². The van der Waals surface area contributed by atoms with Crippen LogP contribution >= 0.6 is 0 Å². The summed E-state index contributed by atoms with van der Waals surface area (Å²) in [4.78, 5) is 0. The summed E-state index contributed by atoms with van der Waals surface area (Å²) in [6, 6.07) is 29.2. The molecule has 0 saturated heterocycles. The van der Waals surface area contributed by atoms with E-state index >= 15 is 0 Å². The van der Waals surface area contributed by atoms with Gasteiger partial charge in [0.25, 0.3) is 0 Å². The Balaban J connectivity index is -0.000000251. The number of phenolic OH excluding ortho intramolecular Hbond substituents is 4. The monoisotopic (exact) mass is 669 g/mol. The first-order valence-electron chi connectivity index (χ1n) is 17.0. The average molecular weight is 669 g/mol. The van der Waals surface area contributed by atoms with E-state index in [2.05, 4.69) is 21.3 Å². The highest BCUT2D eigenvalue weighted by Crippen LogP contribution is 2.16.